The van der Waals surface area contributed by atoms with Gasteiger partial charge in [-0.25, -0.2) is 4.98 Å². The third-order valence-electron chi connectivity index (χ3n) is 2.50. The molecule has 0 aromatic carbocycles. The van der Waals surface area contributed by atoms with Gasteiger partial charge in [0.2, 0.25) is 0 Å². The van der Waals surface area contributed by atoms with Crippen molar-refractivity contribution < 1.29 is 0 Å². The van der Waals surface area contributed by atoms with Crippen molar-refractivity contribution in [2.75, 3.05) is 6.54 Å². The molecule has 0 radical (unpaired) electrons. The number of aryl methyl sites for hydroxylation is 1. The fourth-order valence-electron chi connectivity index (χ4n) is 1.61. The van der Waals surface area contributed by atoms with Gasteiger partial charge in [-0.3, -0.25) is 4.98 Å². The molecule has 0 spiro atoms. The molecule has 2 N–H and O–H groups in total. The summed E-state index contributed by atoms with van der Waals surface area (Å²) in [6.07, 6.45) is 4.53. The standard InChI is InChI=1S/C11H14N4S/c1-7-9(3-4-12)5-13-6-10(7)11-14-8(2)16-15-11/h5-6H,3-4,12H2,1-2H3. The average molecular weight is 234 g/mol. The third kappa shape index (κ3) is 2.10. The molecule has 2 aromatic rings. The van der Waals surface area contributed by atoms with E-state index in [-0.39, 0.29) is 0 Å². The molecule has 0 bridgehead atoms. The molecule has 2 rings (SSSR count). The van der Waals surface area contributed by atoms with E-state index in [1.807, 2.05) is 19.3 Å². The fourth-order valence-corrected chi connectivity index (χ4v) is 2.10. The lowest BCUT2D eigenvalue weighted by Crippen LogP contribution is -2.05. The number of hydrogen-bond acceptors (Lipinski definition) is 5. The smallest absolute Gasteiger partial charge is 0.174 e. The molecular weight excluding hydrogens is 220 g/mol. The number of rotatable bonds is 3. The van der Waals surface area contributed by atoms with Crippen molar-refractivity contribution in [2.45, 2.75) is 20.3 Å². The van der Waals surface area contributed by atoms with E-state index in [0.29, 0.717) is 6.54 Å². The van der Waals surface area contributed by atoms with Gasteiger partial charge in [-0.2, -0.15) is 4.37 Å². The Balaban J connectivity index is 2.45. The van der Waals surface area contributed by atoms with Gasteiger partial charge in [-0.1, -0.05) is 0 Å². The van der Waals surface area contributed by atoms with Crippen molar-refractivity contribution in [3.8, 4) is 11.4 Å². The second kappa shape index (κ2) is 4.67. The van der Waals surface area contributed by atoms with Gasteiger partial charge in [-0.15, -0.1) is 0 Å². The summed E-state index contributed by atoms with van der Waals surface area (Å²) in [7, 11) is 0. The van der Waals surface area contributed by atoms with Crippen LogP contribution in [0.1, 0.15) is 16.1 Å². The molecule has 16 heavy (non-hydrogen) atoms. The highest BCUT2D eigenvalue weighted by atomic mass is 32.1. The monoisotopic (exact) mass is 234 g/mol. The van der Waals surface area contributed by atoms with Gasteiger partial charge < -0.3 is 5.73 Å². The van der Waals surface area contributed by atoms with Crippen LogP contribution in [0.4, 0.5) is 0 Å². The first kappa shape index (κ1) is 11.2. The van der Waals surface area contributed by atoms with Crippen molar-refractivity contribution in [3.05, 3.63) is 28.5 Å². The first-order valence-corrected chi connectivity index (χ1v) is 5.94. The zero-order valence-electron chi connectivity index (χ0n) is 9.40. The Hall–Kier alpha value is -1.33. The van der Waals surface area contributed by atoms with Crippen molar-refractivity contribution in [3.63, 3.8) is 0 Å². The summed E-state index contributed by atoms with van der Waals surface area (Å²) in [5.74, 6) is 0.770. The lowest BCUT2D eigenvalue weighted by molar-refractivity contribution is 0.946. The second-order valence-corrected chi connectivity index (χ2v) is 4.60. The predicted octanol–water partition coefficient (Wildman–Crippen LogP) is 1.72. The normalized spacial score (nSPS) is 10.7. The fraction of sp³-hybridized carbons (Fsp3) is 0.364. The minimum atomic E-state index is 0.634. The molecule has 0 atom stereocenters. The highest BCUT2D eigenvalue weighted by Gasteiger charge is 2.10. The van der Waals surface area contributed by atoms with Crippen LogP contribution in [0.5, 0.6) is 0 Å². The number of pyridine rings is 1. The summed E-state index contributed by atoms with van der Waals surface area (Å²) in [6, 6.07) is 0. The molecule has 2 heterocycles. The van der Waals surface area contributed by atoms with Gasteiger partial charge in [-0.05, 0) is 49.5 Å². The molecule has 0 saturated heterocycles. The summed E-state index contributed by atoms with van der Waals surface area (Å²) in [4.78, 5) is 8.60. The Morgan fingerprint density at radius 1 is 1.31 bits per heavy atom. The average Bonchev–Trinajstić information content (AvgIpc) is 2.68. The van der Waals surface area contributed by atoms with Crippen LogP contribution in [0.25, 0.3) is 11.4 Å². The molecule has 2 aromatic heterocycles. The zero-order chi connectivity index (χ0) is 11.5. The molecule has 0 fully saturated rings. The van der Waals surface area contributed by atoms with E-state index >= 15 is 0 Å². The molecule has 0 aliphatic heterocycles. The Labute approximate surface area is 98.7 Å². The molecule has 0 aliphatic rings. The van der Waals surface area contributed by atoms with Crippen LogP contribution in [0, 0.1) is 13.8 Å². The summed E-state index contributed by atoms with van der Waals surface area (Å²) < 4.78 is 4.31. The van der Waals surface area contributed by atoms with Crippen molar-refractivity contribution in [2.24, 2.45) is 5.73 Å². The van der Waals surface area contributed by atoms with Crippen LogP contribution in [-0.4, -0.2) is 20.9 Å². The van der Waals surface area contributed by atoms with E-state index in [2.05, 4.69) is 21.3 Å². The maximum atomic E-state index is 5.57. The maximum absolute atomic E-state index is 5.57. The summed E-state index contributed by atoms with van der Waals surface area (Å²) in [6.45, 7) is 4.65. The highest BCUT2D eigenvalue weighted by molar-refractivity contribution is 7.05. The van der Waals surface area contributed by atoms with Crippen LogP contribution >= 0.6 is 11.5 Å². The molecule has 84 valence electrons. The molecule has 5 heteroatoms. The van der Waals surface area contributed by atoms with Crippen LogP contribution < -0.4 is 5.73 Å². The van der Waals surface area contributed by atoms with Crippen LogP contribution in [0.3, 0.4) is 0 Å². The summed E-state index contributed by atoms with van der Waals surface area (Å²) >= 11 is 1.41. The number of aromatic nitrogens is 3. The quantitative estimate of drug-likeness (QED) is 0.878. The van der Waals surface area contributed by atoms with Crippen LogP contribution in [-0.2, 0) is 6.42 Å². The topological polar surface area (TPSA) is 64.7 Å². The number of nitrogens with zero attached hydrogens (tertiary/aromatic N) is 3. The van der Waals surface area contributed by atoms with Gasteiger partial charge in [0, 0.05) is 18.0 Å². The van der Waals surface area contributed by atoms with Gasteiger partial charge in [0.25, 0.3) is 0 Å². The van der Waals surface area contributed by atoms with E-state index in [4.69, 9.17) is 5.73 Å². The van der Waals surface area contributed by atoms with Gasteiger partial charge >= 0.3 is 0 Å². The van der Waals surface area contributed by atoms with Crippen molar-refractivity contribution in [1.29, 1.82) is 0 Å². The predicted molar refractivity (Wildman–Crippen MR) is 65.4 cm³/mol. The first-order valence-electron chi connectivity index (χ1n) is 5.16. The van der Waals surface area contributed by atoms with Crippen LogP contribution in [0.2, 0.25) is 0 Å². The minimum absolute atomic E-state index is 0.634. The van der Waals surface area contributed by atoms with E-state index < -0.39 is 0 Å². The van der Waals surface area contributed by atoms with E-state index in [9.17, 15) is 0 Å². The summed E-state index contributed by atoms with van der Waals surface area (Å²) in [5, 5.41) is 0.971. The molecule has 0 unspecified atom stereocenters. The maximum Gasteiger partial charge on any atom is 0.174 e. The van der Waals surface area contributed by atoms with E-state index in [0.717, 1.165) is 22.8 Å². The van der Waals surface area contributed by atoms with Gasteiger partial charge in [0.15, 0.2) is 5.82 Å². The minimum Gasteiger partial charge on any atom is -0.330 e. The van der Waals surface area contributed by atoms with Crippen molar-refractivity contribution >= 4 is 11.5 Å². The molecule has 0 saturated carbocycles. The third-order valence-corrected chi connectivity index (χ3v) is 3.12. The van der Waals surface area contributed by atoms with E-state index in [1.54, 1.807) is 0 Å². The Morgan fingerprint density at radius 2 is 2.12 bits per heavy atom. The zero-order valence-corrected chi connectivity index (χ0v) is 10.2. The van der Waals surface area contributed by atoms with E-state index in [1.165, 1.54) is 22.7 Å². The Kier molecular flexibility index (Phi) is 3.26. The van der Waals surface area contributed by atoms with Crippen molar-refractivity contribution in [1.82, 2.24) is 14.3 Å². The molecule has 4 nitrogen and oxygen atoms in total. The molecular formula is C11H14N4S. The Morgan fingerprint density at radius 3 is 2.75 bits per heavy atom. The van der Waals surface area contributed by atoms with Gasteiger partial charge in [0.1, 0.15) is 5.01 Å². The Bertz CT molecular complexity index is 492. The van der Waals surface area contributed by atoms with Crippen LogP contribution in [0.15, 0.2) is 12.4 Å². The highest BCUT2D eigenvalue weighted by Crippen LogP contribution is 2.23. The second-order valence-electron chi connectivity index (χ2n) is 3.65. The largest absolute Gasteiger partial charge is 0.330 e. The SMILES string of the molecule is Cc1nc(-c2cncc(CCN)c2C)ns1. The number of nitrogens with two attached hydrogens (primary N) is 1. The first-order chi connectivity index (χ1) is 7.72. The number of hydrogen-bond donors (Lipinski definition) is 1. The lowest BCUT2D eigenvalue weighted by Gasteiger charge is -2.06. The summed E-state index contributed by atoms with van der Waals surface area (Å²) in [5.41, 5.74) is 8.93. The molecule has 0 aliphatic carbocycles. The lowest BCUT2D eigenvalue weighted by atomic mass is 10.0. The van der Waals surface area contributed by atoms with Gasteiger partial charge in [0.05, 0.1) is 0 Å². The molecule has 0 amide bonds.